The van der Waals surface area contributed by atoms with Gasteiger partial charge >= 0.3 is 0 Å². The first kappa shape index (κ1) is 14.8. The summed E-state index contributed by atoms with van der Waals surface area (Å²) in [4.78, 5) is 0. The average molecular weight is 253 g/mol. The molecule has 0 aliphatic rings. The van der Waals surface area contributed by atoms with Gasteiger partial charge in [0.25, 0.3) is 0 Å². The molecule has 0 spiro atoms. The molecule has 0 heterocycles. The average Bonchev–Trinajstić information content (AvgIpc) is 2.38. The molecule has 18 heavy (non-hydrogen) atoms. The first-order chi connectivity index (χ1) is 8.63. The van der Waals surface area contributed by atoms with Crippen LogP contribution in [-0.2, 0) is 4.74 Å². The molecule has 1 rings (SSSR count). The summed E-state index contributed by atoms with van der Waals surface area (Å²) in [6, 6.07) is 5.94. The number of ether oxygens (including phenoxy) is 3. The van der Waals surface area contributed by atoms with Crippen LogP contribution in [-0.4, -0.2) is 34.0 Å². The van der Waals surface area contributed by atoms with Gasteiger partial charge in [-0.2, -0.15) is 0 Å². The number of nitrogens with one attached hydrogen (secondary N) is 1. The molecule has 1 N–H and O–H groups in total. The van der Waals surface area contributed by atoms with Crippen molar-refractivity contribution in [1.29, 1.82) is 0 Å². The molecule has 0 aliphatic carbocycles. The van der Waals surface area contributed by atoms with E-state index in [0.717, 1.165) is 17.1 Å². The number of rotatable bonds is 7. The van der Waals surface area contributed by atoms with Gasteiger partial charge in [0.15, 0.2) is 11.5 Å². The zero-order valence-corrected chi connectivity index (χ0v) is 11.8. The zero-order valence-electron chi connectivity index (χ0n) is 11.8. The Kier molecular flexibility index (Phi) is 5.95. The van der Waals surface area contributed by atoms with Crippen molar-refractivity contribution in [1.82, 2.24) is 5.32 Å². The van der Waals surface area contributed by atoms with E-state index in [1.807, 2.05) is 39.1 Å². The number of para-hydroxylation sites is 1. The van der Waals surface area contributed by atoms with Crippen molar-refractivity contribution < 1.29 is 14.2 Å². The van der Waals surface area contributed by atoms with E-state index in [9.17, 15) is 0 Å². The quantitative estimate of drug-likeness (QED) is 0.810. The van der Waals surface area contributed by atoms with Crippen LogP contribution in [0, 0.1) is 0 Å². The molecule has 102 valence electrons. The fourth-order valence-corrected chi connectivity index (χ4v) is 1.80. The van der Waals surface area contributed by atoms with Crippen LogP contribution in [0.1, 0.15) is 25.5 Å². The highest BCUT2D eigenvalue weighted by Crippen LogP contribution is 2.34. The highest BCUT2D eigenvalue weighted by molar-refractivity contribution is 5.48. The lowest BCUT2D eigenvalue weighted by Crippen LogP contribution is -2.24. The third-order valence-corrected chi connectivity index (χ3v) is 2.75. The van der Waals surface area contributed by atoms with Crippen molar-refractivity contribution in [3.8, 4) is 11.5 Å². The van der Waals surface area contributed by atoms with Crippen molar-refractivity contribution >= 4 is 0 Å². The molecule has 1 unspecified atom stereocenters. The minimum absolute atomic E-state index is 0.0810. The van der Waals surface area contributed by atoms with E-state index >= 15 is 0 Å². The van der Waals surface area contributed by atoms with Gasteiger partial charge in [-0.05, 0) is 27.0 Å². The summed E-state index contributed by atoms with van der Waals surface area (Å²) in [5, 5.41) is 3.24. The van der Waals surface area contributed by atoms with Gasteiger partial charge in [-0.25, -0.2) is 0 Å². The SMILES string of the molecule is CNC(COC(C)C)c1cccc(OC)c1OC. The molecule has 0 bridgehead atoms. The van der Waals surface area contributed by atoms with Gasteiger partial charge in [-0.3, -0.25) is 0 Å². The molecular formula is C14H23NO3. The molecule has 4 heteroatoms. The molecule has 0 saturated heterocycles. The van der Waals surface area contributed by atoms with Gasteiger partial charge < -0.3 is 19.5 Å². The van der Waals surface area contributed by atoms with Crippen LogP contribution in [0.15, 0.2) is 18.2 Å². The number of methoxy groups -OCH3 is 2. The van der Waals surface area contributed by atoms with Gasteiger partial charge in [0.05, 0.1) is 33.0 Å². The van der Waals surface area contributed by atoms with E-state index in [1.54, 1.807) is 14.2 Å². The van der Waals surface area contributed by atoms with Gasteiger partial charge in [-0.15, -0.1) is 0 Å². The predicted octanol–water partition coefficient (Wildman–Crippen LogP) is 2.39. The Hall–Kier alpha value is -1.26. The van der Waals surface area contributed by atoms with Gasteiger partial charge in [0, 0.05) is 5.56 Å². The standard InChI is InChI=1S/C14H23NO3/c1-10(2)18-9-12(15-3)11-7-6-8-13(16-4)14(11)17-5/h6-8,10,12,15H,9H2,1-5H3. The molecule has 0 aromatic heterocycles. The Morgan fingerprint density at radius 3 is 2.39 bits per heavy atom. The van der Waals surface area contributed by atoms with Crippen LogP contribution in [0.3, 0.4) is 0 Å². The second kappa shape index (κ2) is 7.24. The predicted molar refractivity (Wildman–Crippen MR) is 72.4 cm³/mol. The second-order valence-electron chi connectivity index (χ2n) is 4.31. The van der Waals surface area contributed by atoms with Gasteiger partial charge in [0.2, 0.25) is 0 Å². The van der Waals surface area contributed by atoms with Crippen LogP contribution in [0.4, 0.5) is 0 Å². The lowest BCUT2D eigenvalue weighted by molar-refractivity contribution is 0.0621. The fourth-order valence-electron chi connectivity index (χ4n) is 1.80. The summed E-state index contributed by atoms with van der Waals surface area (Å²) in [5.74, 6) is 1.49. The molecule has 0 fully saturated rings. The van der Waals surface area contributed by atoms with Crippen molar-refractivity contribution in [2.24, 2.45) is 0 Å². The first-order valence-electron chi connectivity index (χ1n) is 6.13. The molecule has 1 aromatic carbocycles. The molecule has 0 radical (unpaired) electrons. The van der Waals surface area contributed by atoms with E-state index in [4.69, 9.17) is 14.2 Å². The number of hydrogen-bond donors (Lipinski definition) is 1. The second-order valence-corrected chi connectivity index (χ2v) is 4.31. The molecule has 4 nitrogen and oxygen atoms in total. The van der Waals surface area contributed by atoms with E-state index in [2.05, 4.69) is 5.32 Å². The van der Waals surface area contributed by atoms with Crippen LogP contribution in [0.25, 0.3) is 0 Å². The third-order valence-electron chi connectivity index (χ3n) is 2.75. The summed E-state index contributed by atoms with van der Waals surface area (Å²) in [5.41, 5.74) is 1.04. The lowest BCUT2D eigenvalue weighted by Gasteiger charge is -2.21. The largest absolute Gasteiger partial charge is 0.493 e. The topological polar surface area (TPSA) is 39.7 Å². The monoisotopic (exact) mass is 253 g/mol. The third kappa shape index (κ3) is 3.62. The molecular weight excluding hydrogens is 230 g/mol. The Balaban J connectivity index is 2.97. The molecule has 0 amide bonds. The van der Waals surface area contributed by atoms with Crippen LogP contribution in [0.5, 0.6) is 11.5 Å². The van der Waals surface area contributed by atoms with Crippen molar-refractivity contribution in [3.63, 3.8) is 0 Å². The highest BCUT2D eigenvalue weighted by Gasteiger charge is 2.18. The Morgan fingerprint density at radius 2 is 1.89 bits per heavy atom. The lowest BCUT2D eigenvalue weighted by atomic mass is 10.1. The summed E-state index contributed by atoms with van der Waals surface area (Å²) in [7, 11) is 5.20. The van der Waals surface area contributed by atoms with Crippen molar-refractivity contribution in [2.75, 3.05) is 27.9 Å². The molecule has 0 aliphatic heterocycles. The Labute approximate surface area is 109 Å². The summed E-state index contributed by atoms with van der Waals surface area (Å²) in [6.07, 6.45) is 0.206. The van der Waals surface area contributed by atoms with E-state index < -0.39 is 0 Å². The maximum Gasteiger partial charge on any atom is 0.165 e. The fraction of sp³-hybridized carbons (Fsp3) is 0.571. The number of likely N-dealkylation sites (N-methyl/N-ethyl adjacent to an activating group) is 1. The highest BCUT2D eigenvalue weighted by atomic mass is 16.5. The normalized spacial score (nSPS) is 12.6. The van der Waals surface area contributed by atoms with E-state index in [-0.39, 0.29) is 12.1 Å². The van der Waals surface area contributed by atoms with Gasteiger partial charge in [-0.1, -0.05) is 12.1 Å². The molecule has 1 aromatic rings. The summed E-state index contributed by atoms with van der Waals surface area (Å²) >= 11 is 0. The minimum atomic E-state index is 0.0810. The smallest absolute Gasteiger partial charge is 0.165 e. The first-order valence-corrected chi connectivity index (χ1v) is 6.13. The molecule has 0 saturated carbocycles. The van der Waals surface area contributed by atoms with Crippen LogP contribution >= 0.6 is 0 Å². The maximum absolute atomic E-state index is 5.66. The van der Waals surface area contributed by atoms with Gasteiger partial charge in [0.1, 0.15) is 0 Å². The summed E-state index contributed by atoms with van der Waals surface area (Å²) < 4.78 is 16.4. The minimum Gasteiger partial charge on any atom is -0.493 e. The van der Waals surface area contributed by atoms with Crippen LogP contribution < -0.4 is 14.8 Å². The summed E-state index contributed by atoms with van der Waals surface area (Å²) in [6.45, 7) is 4.64. The van der Waals surface area contributed by atoms with Crippen molar-refractivity contribution in [3.05, 3.63) is 23.8 Å². The van der Waals surface area contributed by atoms with Crippen molar-refractivity contribution in [2.45, 2.75) is 26.0 Å². The maximum atomic E-state index is 5.66. The van der Waals surface area contributed by atoms with E-state index in [1.165, 1.54) is 0 Å². The Morgan fingerprint density at radius 1 is 1.17 bits per heavy atom. The van der Waals surface area contributed by atoms with E-state index in [0.29, 0.717) is 6.61 Å². The molecule has 1 atom stereocenters. The zero-order chi connectivity index (χ0) is 13.5. The Bertz CT molecular complexity index is 366. The number of benzene rings is 1. The number of hydrogen-bond acceptors (Lipinski definition) is 4. The van der Waals surface area contributed by atoms with Crippen LogP contribution in [0.2, 0.25) is 0 Å².